The van der Waals surface area contributed by atoms with Gasteiger partial charge in [0.05, 0.1) is 11.7 Å². The second-order valence-corrected chi connectivity index (χ2v) is 5.06. The summed E-state index contributed by atoms with van der Waals surface area (Å²) in [6.45, 7) is 0. The molecule has 0 fully saturated rings. The molecule has 1 atom stereocenters. The van der Waals surface area contributed by atoms with Crippen molar-refractivity contribution in [2.45, 2.75) is 12.5 Å². The van der Waals surface area contributed by atoms with E-state index in [9.17, 15) is 0 Å². The van der Waals surface area contributed by atoms with E-state index in [0.29, 0.717) is 11.0 Å². The molecule has 0 spiro atoms. The first-order valence-electron chi connectivity index (χ1n) is 5.38. The number of hydrogen-bond acceptors (Lipinski definition) is 4. The molecule has 0 aliphatic rings. The third-order valence-corrected chi connectivity index (χ3v) is 3.67. The third-order valence-electron chi connectivity index (χ3n) is 2.74. The zero-order valence-corrected chi connectivity index (χ0v) is 12.1. The van der Waals surface area contributed by atoms with E-state index in [-0.39, 0.29) is 6.04 Å². The molecule has 1 heterocycles. The van der Waals surface area contributed by atoms with Crippen molar-refractivity contribution >= 4 is 27.5 Å². The number of hydrogen-bond donors (Lipinski definition) is 2. The lowest BCUT2D eigenvalue weighted by Gasteiger charge is -2.16. The Hall–Kier alpha value is -0.950. The van der Waals surface area contributed by atoms with Gasteiger partial charge in [-0.3, -0.25) is 11.3 Å². The van der Waals surface area contributed by atoms with E-state index in [1.54, 1.807) is 4.68 Å². The highest BCUT2D eigenvalue weighted by atomic mass is 79.9. The quantitative estimate of drug-likeness (QED) is 0.664. The van der Waals surface area contributed by atoms with Gasteiger partial charge in [0.2, 0.25) is 0 Å². The Morgan fingerprint density at radius 2 is 2.22 bits per heavy atom. The van der Waals surface area contributed by atoms with E-state index in [1.807, 2.05) is 31.3 Å². The fraction of sp³-hybridized carbons (Fsp3) is 0.273. The van der Waals surface area contributed by atoms with Crippen molar-refractivity contribution in [2.24, 2.45) is 12.9 Å². The molecule has 0 amide bonds. The van der Waals surface area contributed by atoms with Gasteiger partial charge < -0.3 is 0 Å². The summed E-state index contributed by atoms with van der Waals surface area (Å²) in [7, 11) is 1.82. The molecule has 2 rings (SSSR count). The SMILES string of the molecule is Cn1nnc(Br)c1C(Cc1ccccc1Cl)NN. The molecular weight excluding hydrogens is 318 g/mol. The van der Waals surface area contributed by atoms with Crippen LogP contribution in [0.15, 0.2) is 28.9 Å². The maximum absolute atomic E-state index is 6.15. The van der Waals surface area contributed by atoms with Gasteiger partial charge >= 0.3 is 0 Å². The van der Waals surface area contributed by atoms with Crippen molar-refractivity contribution < 1.29 is 0 Å². The van der Waals surface area contributed by atoms with Crippen molar-refractivity contribution in [1.82, 2.24) is 20.4 Å². The zero-order chi connectivity index (χ0) is 13.1. The van der Waals surface area contributed by atoms with Gasteiger partial charge in [0, 0.05) is 12.1 Å². The van der Waals surface area contributed by atoms with Gasteiger partial charge in [0.25, 0.3) is 0 Å². The molecule has 0 aliphatic heterocycles. The average molecular weight is 331 g/mol. The standard InChI is InChI=1S/C11H13BrClN5/c1-18-10(11(12)16-17-18)9(15-14)6-7-4-2-3-5-8(7)13/h2-5,9,15H,6,14H2,1H3. The molecule has 18 heavy (non-hydrogen) atoms. The Morgan fingerprint density at radius 1 is 1.50 bits per heavy atom. The number of aryl methyl sites for hydroxylation is 1. The highest BCUT2D eigenvalue weighted by Crippen LogP contribution is 2.26. The fourth-order valence-electron chi connectivity index (χ4n) is 1.83. The molecule has 0 bridgehead atoms. The van der Waals surface area contributed by atoms with Gasteiger partial charge in [-0.05, 0) is 34.0 Å². The molecule has 1 aromatic carbocycles. The van der Waals surface area contributed by atoms with Crippen LogP contribution < -0.4 is 11.3 Å². The summed E-state index contributed by atoms with van der Waals surface area (Å²) in [6.07, 6.45) is 0.663. The Bertz CT molecular complexity index is 522. The van der Waals surface area contributed by atoms with Crippen molar-refractivity contribution in [3.63, 3.8) is 0 Å². The largest absolute Gasteiger partial charge is 0.271 e. The molecule has 0 saturated carbocycles. The lowest BCUT2D eigenvalue weighted by Crippen LogP contribution is -2.31. The van der Waals surface area contributed by atoms with Gasteiger partial charge in [-0.15, -0.1) is 5.10 Å². The highest BCUT2D eigenvalue weighted by Gasteiger charge is 2.20. The van der Waals surface area contributed by atoms with Crippen LogP contribution in [0.3, 0.4) is 0 Å². The van der Waals surface area contributed by atoms with Gasteiger partial charge in [0.1, 0.15) is 0 Å². The number of nitrogens with two attached hydrogens (primary N) is 1. The van der Waals surface area contributed by atoms with Crippen molar-refractivity contribution in [3.05, 3.63) is 45.1 Å². The minimum absolute atomic E-state index is 0.112. The predicted octanol–water partition coefficient (Wildman–Crippen LogP) is 1.98. The maximum atomic E-state index is 6.15. The van der Waals surface area contributed by atoms with E-state index in [1.165, 1.54) is 0 Å². The molecule has 3 N–H and O–H groups in total. The van der Waals surface area contributed by atoms with Gasteiger partial charge in [-0.25, -0.2) is 4.68 Å². The number of benzene rings is 1. The Labute approximate surface area is 118 Å². The first kappa shape index (κ1) is 13.5. The second kappa shape index (κ2) is 5.79. The topological polar surface area (TPSA) is 68.8 Å². The van der Waals surface area contributed by atoms with Crippen LogP contribution in [0, 0.1) is 0 Å². The number of aromatic nitrogens is 3. The minimum Gasteiger partial charge on any atom is -0.271 e. The van der Waals surface area contributed by atoms with Crippen LogP contribution in [0.5, 0.6) is 0 Å². The normalized spacial score (nSPS) is 12.7. The smallest absolute Gasteiger partial charge is 0.153 e. The summed E-state index contributed by atoms with van der Waals surface area (Å²) in [4.78, 5) is 0. The summed E-state index contributed by atoms with van der Waals surface area (Å²) in [5.41, 5.74) is 4.68. The third kappa shape index (κ3) is 2.72. The molecule has 96 valence electrons. The Kier molecular flexibility index (Phi) is 4.34. The average Bonchev–Trinajstić information content (AvgIpc) is 2.69. The second-order valence-electron chi connectivity index (χ2n) is 3.90. The fourth-order valence-corrected chi connectivity index (χ4v) is 2.64. The van der Waals surface area contributed by atoms with Crippen molar-refractivity contribution in [3.8, 4) is 0 Å². The summed E-state index contributed by atoms with van der Waals surface area (Å²) >= 11 is 9.52. The summed E-state index contributed by atoms with van der Waals surface area (Å²) in [5, 5.41) is 8.62. The van der Waals surface area contributed by atoms with Gasteiger partial charge in [-0.1, -0.05) is 35.0 Å². The van der Waals surface area contributed by atoms with Crippen molar-refractivity contribution in [2.75, 3.05) is 0 Å². The van der Waals surface area contributed by atoms with E-state index < -0.39 is 0 Å². The molecule has 5 nitrogen and oxygen atoms in total. The molecule has 1 unspecified atom stereocenters. The summed E-state index contributed by atoms with van der Waals surface area (Å²) in [6, 6.07) is 7.58. The van der Waals surface area contributed by atoms with Crippen molar-refractivity contribution in [1.29, 1.82) is 0 Å². The predicted molar refractivity (Wildman–Crippen MR) is 73.9 cm³/mol. The molecule has 0 aliphatic carbocycles. The van der Waals surface area contributed by atoms with E-state index in [0.717, 1.165) is 16.3 Å². The van der Waals surface area contributed by atoms with Gasteiger partial charge in [0.15, 0.2) is 4.60 Å². The lowest BCUT2D eigenvalue weighted by molar-refractivity contribution is 0.505. The minimum atomic E-state index is -0.112. The van der Waals surface area contributed by atoms with Crippen LogP contribution in [-0.2, 0) is 13.5 Å². The van der Waals surface area contributed by atoms with Crippen LogP contribution in [-0.4, -0.2) is 15.0 Å². The molecule has 7 heteroatoms. The van der Waals surface area contributed by atoms with Crippen LogP contribution in [0.2, 0.25) is 5.02 Å². The molecule has 0 radical (unpaired) electrons. The van der Waals surface area contributed by atoms with E-state index >= 15 is 0 Å². The van der Waals surface area contributed by atoms with E-state index in [2.05, 4.69) is 31.7 Å². The molecular formula is C11H13BrClN5. The number of rotatable bonds is 4. The monoisotopic (exact) mass is 329 g/mol. The lowest BCUT2D eigenvalue weighted by atomic mass is 10.0. The van der Waals surface area contributed by atoms with Crippen LogP contribution in [0.25, 0.3) is 0 Å². The van der Waals surface area contributed by atoms with Crippen LogP contribution in [0.1, 0.15) is 17.3 Å². The van der Waals surface area contributed by atoms with E-state index in [4.69, 9.17) is 17.4 Å². The summed E-state index contributed by atoms with van der Waals surface area (Å²) in [5.74, 6) is 5.62. The number of hydrazine groups is 1. The first-order chi connectivity index (χ1) is 8.63. The number of nitrogens with one attached hydrogen (secondary N) is 1. The number of halogens is 2. The Morgan fingerprint density at radius 3 is 2.78 bits per heavy atom. The Balaban J connectivity index is 2.28. The maximum Gasteiger partial charge on any atom is 0.153 e. The molecule has 1 aromatic heterocycles. The summed E-state index contributed by atoms with van der Waals surface area (Å²) < 4.78 is 2.37. The first-order valence-corrected chi connectivity index (χ1v) is 6.55. The zero-order valence-electron chi connectivity index (χ0n) is 9.77. The highest BCUT2D eigenvalue weighted by molar-refractivity contribution is 9.10. The van der Waals surface area contributed by atoms with Crippen LogP contribution >= 0.6 is 27.5 Å². The number of nitrogens with zero attached hydrogens (tertiary/aromatic N) is 3. The van der Waals surface area contributed by atoms with Crippen LogP contribution in [0.4, 0.5) is 0 Å². The van der Waals surface area contributed by atoms with Gasteiger partial charge in [-0.2, -0.15) is 0 Å². The molecule has 0 saturated heterocycles. The molecule has 2 aromatic rings.